The Balaban J connectivity index is 2.40. The van der Waals surface area contributed by atoms with Crippen molar-refractivity contribution in [2.75, 3.05) is 11.1 Å². The van der Waals surface area contributed by atoms with Crippen LogP contribution in [0, 0.1) is 21.7 Å². The highest BCUT2D eigenvalue weighted by molar-refractivity contribution is 5.78. The minimum Gasteiger partial charge on any atom is -0.393 e. The molecule has 2 aromatic carbocycles. The van der Waals surface area contributed by atoms with Crippen LogP contribution in [0.2, 0.25) is 0 Å². The van der Waals surface area contributed by atoms with Crippen molar-refractivity contribution < 1.29 is 13.7 Å². The number of nitrogens with two attached hydrogens (primary N) is 1. The summed E-state index contributed by atoms with van der Waals surface area (Å²) in [6.45, 7) is 0. The number of rotatable bonds is 3. The second-order valence-electron chi connectivity index (χ2n) is 3.75. The quantitative estimate of drug-likeness (QED) is 0.507. The molecule has 0 aromatic heterocycles. The fourth-order valence-electron chi connectivity index (χ4n) is 1.60. The zero-order chi connectivity index (χ0) is 14.0. The van der Waals surface area contributed by atoms with E-state index in [2.05, 4.69) is 5.32 Å². The third kappa shape index (κ3) is 2.59. The van der Waals surface area contributed by atoms with Crippen LogP contribution >= 0.6 is 0 Å². The van der Waals surface area contributed by atoms with Gasteiger partial charge in [0.05, 0.1) is 4.92 Å². The van der Waals surface area contributed by atoms with E-state index in [1.54, 1.807) is 0 Å². The molecular formula is C12H9F2N3O2. The van der Waals surface area contributed by atoms with Gasteiger partial charge in [-0.05, 0) is 24.3 Å². The van der Waals surface area contributed by atoms with Crippen LogP contribution in [0.4, 0.5) is 31.5 Å². The predicted octanol–water partition coefficient (Wildman–Crippen LogP) is 3.20. The van der Waals surface area contributed by atoms with E-state index >= 15 is 0 Å². The second kappa shape index (κ2) is 4.89. The Labute approximate surface area is 106 Å². The molecule has 0 unspecified atom stereocenters. The number of nitrogens with zero attached hydrogens (tertiary/aromatic N) is 1. The lowest BCUT2D eigenvalue weighted by molar-refractivity contribution is -0.383. The zero-order valence-corrected chi connectivity index (χ0v) is 9.56. The number of nitro groups is 1. The first-order valence-electron chi connectivity index (χ1n) is 5.24. The highest BCUT2D eigenvalue weighted by Gasteiger charge is 2.17. The van der Waals surface area contributed by atoms with Gasteiger partial charge in [-0.2, -0.15) is 0 Å². The van der Waals surface area contributed by atoms with Gasteiger partial charge in [0, 0.05) is 11.8 Å². The van der Waals surface area contributed by atoms with Crippen molar-refractivity contribution in [1.82, 2.24) is 0 Å². The van der Waals surface area contributed by atoms with Crippen molar-refractivity contribution in [2.45, 2.75) is 0 Å². The summed E-state index contributed by atoms with van der Waals surface area (Å²) in [5, 5.41) is 13.5. The van der Waals surface area contributed by atoms with Crippen molar-refractivity contribution in [3.63, 3.8) is 0 Å². The molecule has 0 radical (unpaired) electrons. The number of halogens is 2. The van der Waals surface area contributed by atoms with Gasteiger partial charge < -0.3 is 11.1 Å². The van der Waals surface area contributed by atoms with Gasteiger partial charge in [-0.1, -0.05) is 6.07 Å². The van der Waals surface area contributed by atoms with Gasteiger partial charge in [0.25, 0.3) is 0 Å². The Morgan fingerprint density at radius 2 is 1.89 bits per heavy atom. The third-order valence-corrected chi connectivity index (χ3v) is 2.45. The lowest BCUT2D eigenvalue weighted by Gasteiger charge is -2.08. The Bertz CT molecular complexity index is 647. The molecule has 0 heterocycles. The van der Waals surface area contributed by atoms with E-state index in [-0.39, 0.29) is 22.7 Å². The molecule has 0 aliphatic heterocycles. The van der Waals surface area contributed by atoms with Gasteiger partial charge in [-0.25, -0.2) is 8.78 Å². The maximum absolute atomic E-state index is 13.0. The molecule has 0 spiro atoms. The third-order valence-electron chi connectivity index (χ3n) is 2.45. The maximum atomic E-state index is 13.0. The van der Waals surface area contributed by atoms with Gasteiger partial charge >= 0.3 is 5.69 Å². The Kier molecular flexibility index (Phi) is 3.28. The van der Waals surface area contributed by atoms with Crippen molar-refractivity contribution in [1.29, 1.82) is 0 Å². The summed E-state index contributed by atoms with van der Waals surface area (Å²) in [4.78, 5) is 10.3. The van der Waals surface area contributed by atoms with Crippen LogP contribution in [0.1, 0.15) is 0 Å². The molecule has 0 aliphatic rings. The number of anilines is 3. The topological polar surface area (TPSA) is 81.2 Å². The number of nitrogens with one attached hydrogen (secondary N) is 1. The van der Waals surface area contributed by atoms with Crippen LogP contribution < -0.4 is 11.1 Å². The molecule has 0 atom stereocenters. The Hall–Kier alpha value is -2.70. The average Bonchev–Trinajstić information content (AvgIpc) is 2.33. The minimum atomic E-state index is -1.04. The lowest BCUT2D eigenvalue weighted by atomic mass is 10.2. The van der Waals surface area contributed by atoms with E-state index in [4.69, 9.17) is 5.73 Å². The van der Waals surface area contributed by atoms with Gasteiger partial charge in [-0.3, -0.25) is 10.1 Å². The summed E-state index contributed by atoms with van der Waals surface area (Å²) >= 11 is 0. The van der Waals surface area contributed by atoms with E-state index in [0.29, 0.717) is 0 Å². The summed E-state index contributed by atoms with van der Waals surface area (Å²) < 4.78 is 25.8. The standard InChI is InChI=1S/C12H9F2N3O2/c13-8-5-4-7(6-9(8)14)16-11-3-1-2-10(15)12(11)17(18)19/h1-6,16H,15H2. The average molecular weight is 265 g/mol. The predicted molar refractivity (Wildman–Crippen MR) is 67.1 cm³/mol. The maximum Gasteiger partial charge on any atom is 0.315 e. The number of benzene rings is 2. The molecule has 3 N–H and O–H groups in total. The van der Waals surface area contributed by atoms with Crippen LogP contribution in [0.3, 0.4) is 0 Å². The molecule has 0 aliphatic carbocycles. The van der Waals surface area contributed by atoms with E-state index < -0.39 is 16.6 Å². The van der Waals surface area contributed by atoms with Crippen molar-refractivity contribution in [3.05, 3.63) is 58.1 Å². The summed E-state index contributed by atoms with van der Waals surface area (Å²) in [6.07, 6.45) is 0. The highest BCUT2D eigenvalue weighted by Crippen LogP contribution is 2.32. The van der Waals surface area contributed by atoms with Gasteiger partial charge in [0.1, 0.15) is 11.4 Å². The molecule has 0 saturated carbocycles. The lowest BCUT2D eigenvalue weighted by Crippen LogP contribution is -2.01. The molecule has 0 fully saturated rings. The summed E-state index contributed by atoms with van der Waals surface area (Å²) in [5.41, 5.74) is 5.48. The largest absolute Gasteiger partial charge is 0.393 e. The number of nitrogen functional groups attached to an aromatic ring is 1. The summed E-state index contributed by atoms with van der Waals surface area (Å²) in [7, 11) is 0. The van der Waals surface area contributed by atoms with E-state index in [9.17, 15) is 18.9 Å². The second-order valence-corrected chi connectivity index (χ2v) is 3.75. The van der Waals surface area contributed by atoms with Gasteiger partial charge in [-0.15, -0.1) is 0 Å². The van der Waals surface area contributed by atoms with E-state index in [1.807, 2.05) is 0 Å². The number of para-hydroxylation sites is 1. The van der Waals surface area contributed by atoms with Crippen molar-refractivity contribution in [2.24, 2.45) is 0 Å². The fraction of sp³-hybridized carbons (Fsp3) is 0. The monoisotopic (exact) mass is 265 g/mol. The number of hydrogen-bond acceptors (Lipinski definition) is 4. The van der Waals surface area contributed by atoms with Crippen LogP contribution in [-0.4, -0.2) is 4.92 Å². The first kappa shape index (κ1) is 12.7. The molecule has 7 heteroatoms. The molecular weight excluding hydrogens is 256 g/mol. The van der Waals surface area contributed by atoms with Crippen LogP contribution in [0.15, 0.2) is 36.4 Å². The molecule has 98 valence electrons. The Morgan fingerprint density at radius 1 is 1.16 bits per heavy atom. The van der Waals surface area contributed by atoms with Gasteiger partial charge in [0.2, 0.25) is 0 Å². The van der Waals surface area contributed by atoms with E-state index in [1.165, 1.54) is 24.3 Å². The Morgan fingerprint density at radius 3 is 2.53 bits per heavy atom. The van der Waals surface area contributed by atoms with Crippen molar-refractivity contribution >= 4 is 22.7 Å². The molecule has 2 aromatic rings. The molecule has 2 rings (SSSR count). The number of hydrogen-bond donors (Lipinski definition) is 2. The minimum absolute atomic E-state index is 0.0161. The zero-order valence-electron chi connectivity index (χ0n) is 9.56. The molecule has 5 nitrogen and oxygen atoms in total. The summed E-state index contributed by atoms with van der Waals surface area (Å²) in [5.74, 6) is -2.04. The smallest absolute Gasteiger partial charge is 0.315 e. The highest BCUT2D eigenvalue weighted by atomic mass is 19.2. The molecule has 0 bridgehead atoms. The van der Waals surface area contributed by atoms with Crippen LogP contribution in [-0.2, 0) is 0 Å². The summed E-state index contributed by atoms with van der Waals surface area (Å²) in [6, 6.07) is 7.43. The first-order chi connectivity index (χ1) is 8.99. The molecule has 0 saturated heterocycles. The molecule has 0 amide bonds. The van der Waals surface area contributed by atoms with Gasteiger partial charge in [0.15, 0.2) is 11.6 Å². The van der Waals surface area contributed by atoms with Crippen molar-refractivity contribution in [3.8, 4) is 0 Å². The van der Waals surface area contributed by atoms with Crippen LogP contribution in [0.25, 0.3) is 0 Å². The first-order valence-corrected chi connectivity index (χ1v) is 5.24. The number of nitro benzene ring substituents is 1. The normalized spacial score (nSPS) is 10.2. The van der Waals surface area contributed by atoms with Crippen LogP contribution in [0.5, 0.6) is 0 Å². The SMILES string of the molecule is Nc1cccc(Nc2ccc(F)c(F)c2)c1[N+](=O)[O-]. The van der Waals surface area contributed by atoms with E-state index in [0.717, 1.165) is 12.1 Å². The fourth-order valence-corrected chi connectivity index (χ4v) is 1.60. The molecule has 19 heavy (non-hydrogen) atoms.